The molecule has 1 atom stereocenters. The highest BCUT2D eigenvalue weighted by molar-refractivity contribution is 6.10. The van der Waals surface area contributed by atoms with Crippen molar-refractivity contribution in [2.45, 2.75) is 18.9 Å². The second-order valence-electron chi connectivity index (χ2n) is 5.16. The monoisotopic (exact) mass is 302 g/mol. The molecule has 112 valence electrons. The summed E-state index contributed by atoms with van der Waals surface area (Å²) in [7, 11) is 0. The average molecular weight is 302 g/mol. The molecule has 5 heteroatoms. The van der Waals surface area contributed by atoms with Gasteiger partial charge in [0.15, 0.2) is 0 Å². The Kier molecular flexibility index (Phi) is 4.22. The number of anilines is 1. The van der Waals surface area contributed by atoms with Crippen molar-refractivity contribution in [2.24, 2.45) is 5.10 Å². The number of fused-ring (bicyclic) bond motifs is 1. The number of nitrogens with zero attached hydrogens (tertiary/aromatic N) is 3. The van der Waals surface area contributed by atoms with E-state index in [0.29, 0.717) is 5.69 Å². The van der Waals surface area contributed by atoms with Crippen LogP contribution in [-0.2, 0) is 6.42 Å². The van der Waals surface area contributed by atoms with E-state index in [-0.39, 0.29) is 11.8 Å². The molecule has 1 N–H and O–H groups in total. The number of hydrazone groups is 1. The Bertz CT molecular complexity index is 796. The largest absolute Gasteiger partial charge is 0.486 e. The zero-order valence-electron chi connectivity index (χ0n) is 12.4. The first kappa shape index (κ1) is 14.6. The predicted octanol–water partition coefficient (Wildman–Crippen LogP) is 3.57. The summed E-state index contributed by atoms with van der Waals surface area (Å²) in [5.74, 6) is 0.780. The van der Waals surface area contributed by atoms with Gasteiger partial charge in [-0.1, -0.05) is 24.3 Å². The molecule has 2 aromatic rings. The zero-order valence-corrected chi connectivity index (χ0v) is 12.4. The van der Waals surface area contributed by atoms with Crippen molar-refractivity contribution in [3.63, 3.8) is 0 Å². The lowest BCUT2D eigenvalue weighted by atomic mass is 10.1. The number of aryl methyl sites for hydroxylation is 1. The van der Waals surface area contributed by atoms with E-state index in [1.54, 1.807) is 24.3 Å². The van der Waals surface area contributed by atoms with Crippen LogP contribution in [0, 0.1) is 22.7 Å². The molecule has 0 saturated heterocycles. The summed E-state index contributed by atoms with van der Waals surface area (Å²) in [6.07, 6.45) is 2.12. The smallest absolute Gasteiger partial charge is 0.237 e. The zero-order chi connectivity index (χ0) is 16.1. The van der Waals surface area contributed by atoms with Gasteiger partial charge in [-0.3, -0.25) is 5.43 Å². The maximum absolute atomic E-state index is 8.62. The van der Waals surface area contributed by atoms with E-state index in [2.05, 4.69) is 28.7 Å². The van der Waals surface area contributed by atoms with Gasteiger partial charge in [0.1, 0.15) is 24.0 Å². The molecule has 2 aromatic carbocycles. The van der Waals surface area contributed by atoms with Crippen molar-refractivity contribution in [3.8, 4) is 17.9 Å². The highest BCUT2D eigenvalue weighted by atomic mass is 16.5. The molecule has 0 aromatic heterocycles. The molecule has 0 fully saturated rings. The van der Waals surface area contributed by atoms with Crippen molar-refractivity contribution in [2.75, 3.05) is 5.43 Å². The Morgan fingerprint density at radius 1 is 1.09 bits per heavy atom. The van der Waals surface area contributed by atoms with Crippen LogP contribution in [0.5, 0.6) is 5.75 Å². The van der Waals surface area contributed by atoms with Gasteiger partial charge in [0.05, 0.1) is 5.69 Å². The summed E-state index contributed by atoms with van der Waals surface area (Å²) in [4.78, 5) is 0. The SMILES string of the molecule is N#CC(C#N)=NNc1ccc(OC2CCc3ccccc32)cc1. The summed E-state index contributed by atoms with van der Waals surface area (Å²) in [5, 5.41) is 20.9. The van der Waals surface area contributed by atoms with Crippen molar-refractivity contribution < 1.29 is 4.74 Å². The van der Waals surface area contributed by atoms with Gasteiger partial charge in [-0.15, -0.1) is 0 Å². The van der Waals surface area contributed by atoms with Gasteiger partial charge in [0, 0.05) is 0 Å². The molecule has 0 saturated carbocycles. The minimum Gasteiger partial charge on any atom is -0.486 e. The van der Waals surface area contributed by atoms with Gasteiger partial charge in [-0.2, -0.15) is 15.6 Å². The van der Waals surface area contributed by atoms with Crippen molar-refractivity contribution >= 4 is 11.4 Å². The molecule has 0 bridgehead atoms. The summed E-state index contributed by atoms with van der Waals surface area (Å²) in [6.45, 7) is 0. The third-order valence-electron chi connectivity index (χ3n) is 3.72. The number of ether oxygens (including phenoxy) is 1. The van der Waals surface area contributed by atoms with E-state index in [9.17, 15) is 0 Å². The topological polar surface area (TPSA) is 81.2 Å². The van der Waals surface area contributed by atoms with Crippen LogP contribution >= 0.6 is 0 Å². The van der Waals surface area contributed by atoms with Gasteiger partial charge >= 0.3 is 0 Å². The molecular weight excluding hydrogens is 288 g/mol. The Morgan fingerprint density at radius 3 is 2.57 bits per heavy atom. The maximum atomic E-state index is 8.62. The molecule has 23 heavy (non-hydrogen) atoms. The Balaban J connectivity index is 1.66. The first-order chi connectivity index (χ1) is 11.3. The number of nitrogens with one attached hydrogen (secondary N) is 1. The molecule has 3 rings (SSSR count). The predicted molar refractivity (Wildman–Crippen MR) is 86.9 cm³/mol. The Hall–Kier alpha value is -3.31. The van der Waals surface area contributed by atoms with E-state index in [0.717, 1.165) is 18.6 Å². The number of rotatable bonds is 4. The molecule has 5 nitrogen and oxygen atoms in total. The molecule has 1 aliphatic rings. The van der Waals surface area contributed by atoms with Crippen molar-refractivity contribution in [3.05, 3.63) is 59.7 Å². The molecule has 1 aliphatic carbocycles. The van der Waals surface area contributed by atoms with Gasteiger partial charge in [0.2, 0.25) is 5.71 Å². The van der Waals surface area contributed by atoms with Gasteiger partial charge < -0.3 is 4.74 Å². The fourth-order valence-electron chi connectivity index (χ4n) is 2.61. The molecule has 0 radical (unpaired) electrons. The summed E-state index contributed by atoms with van der Waals surface area (Å²) in [6, 6.07) is 19.0. The standard InChI is InChI=1S/C18H14N4O/c19-11-15(12-20)22-21-14-6-8-16(9-7-14)23-18-10-5-13-3-1-2-4-17(13)18/h1-4,6-9,18,21H,5,10H2. The first-order valence-corrected chi connectivity index (χ1v) is 7.28. The highest BCUT2D eigenvalue weighted by Crippen LogP contribution is 2.34. The van der Waals surface area contributed by atoms with Crippen LogP contribution in [0.3, 0.4) is 0 Å². The van der Waals surface area contributed by atoms with Crippen LogP contribution in [-0.4, -0.2) is 5.71 Å². The number of benzene rings is 2. The molecule has 0 heterocycles. The van der Waals surface area contributed by atoms with Gasteiger partial charge in [0.25, 0.3) is 0 Å². The molecule has 1 unspecified atom stereocenters. The van der Waals surface area contributed by atoms with Crippen molar-refractivity contribution in [1.82, 2.24) is 0 Å². The van der Waals surface area contributed by atoms with E-state index in [1.807, 2.05) is 18.2 Å². The van der Waals surface area contributed by atoms with Crippen LogP contribution < -0.4 is 10.2 Å². The summed E-state index contributed by atoms with van der Waals surface area (Å²) < 4.78 is 6.06. The van der Waals surface area contributed by atoms with E-state index < -0.39 is 0 Å². The number of nitriles is 2. The fourth-order valence-corrected chi connectivity index (χ4v) is 2.61. The fraction of sp³-hybridized carbons (Fsp3) is 0.167. The minimum absolute atomic E-state index is 0.0896. The molecule has 0 aliphatic heterocycles. The number of hydrogen-bond acceptors (Lipinski definition) is 5. The summed E-state index contributed by atoms with van der Waals surface area (Å²) in [5.41, 5.74) is 5.75. The lowest BCUT2D eigenvalue weighted by molar-refractivity contribution is 0.207. The average Bonchev–Trinajstić information content (AvgIpc) is 3.00. The molecular formula is C18H14N4O. The van der Waals surface area contributed by atoms with Crippen LogP contribution in [0.2, 0.25) is 0 Å². The van der Waals surface area contributed by atoms with Crippen LogP contribution in [0.1, 0.15) is 23.7 Å². The Labute approximate surface area is 134 Å². The second-order valence-corrected chi connectivity index (χ2v) is 5.16. The minimum atomic E-state index is -0.215. The van der Waals surface area contributed by atoms with Gasteiger partial charge in [-0.25, -0.2) is 0 Å². The first-order valence-electron chi connectivity index (χ1n) is 7.28. The second kappa shape index (κ2) is 6.64. The van der Waals surface area contributed by atoms with Crippen LogP contribution in [0.25, 0.3) is 0 Å². The van der Waals surface area contributed by atoms with E-state index in [4.69, 9.17) is 15.3 Å². The third-order valence-corrected chi connectivity index (χ3v) is 3.72. The lowest BCUT2D eigenvalue weighted by Gasteiger charge is -2.15. The van der Waals surface area contributed by atoms with Crippen LogP contribution in [0.4, 0.5) is 5.69 Å². The highest BCUT2D eigenvalue weighted by Gasteiger charge is 2.23. The lowest BCUT2D eigenvalue weighted by Crippen LogP contribution is -2.03. The Morgan fingerprint density at radius 2 is 1.83 bits per heavy atom. The van der Waals surface area contributed by atoms with Gasteiger partial charge in [-0.05, 0) is 48.2 Å². The van der Waals surface area contributed by atoms with Crippen LogP contribution in [0.15, 0.2) is 53.6 Å². The van der Waals surface area contributed by atoms with E-state index >= 15 is 0 Å². The van der Waals surface area contributed by atoms with Crippen molar-refractivity contribution in [1.29, 1.82) is 10.5 Å². The molecule has 0 spiro atoms. The summed E-state index contributed by atoms with van der Waals surface area (Å²) >= 11 is 0. The molecule has 0 amide bonds. The number of hydrogen-bond donors (Lipinski definition) is 1. The third kappa shape index (κ3) is 3.30. The normalized spacial score (nSPS) is 15.0. The maximum Gasteiger partial charge on any atom is 0.237 e. The quantitative estimate of drug-likeness (QED) is 0.691. The van der Waals surface area contributed by atoms with E-state index in [1.165, 1.54) is 11.1 Å².